The predicted octanol–water partition coefficient (Wildman–Crippen LogP) is 4.80. The lowest BCUT2D eigenvalue weighted by molar-refractivity contribution is -0.164. The lowest BCUT2D eigenvalue weighted by Crippen LogP contribution is -2.61. The largest absolute Gasteiger partial charge is 0.490 e. The summed E-state index contributed by atoms with van der Waals surface area (Å²) in [6, 6.07) is 13.8. The monoisotopic (exact) mass is 453 g/mol. The summed E-state index contributed by atoms with van der Waals surface area (Å²) < 4.78 is 11.9. The fraction of sp³-hybridized carbons (Fsp3) is 0.462. The molecule has 3 aliphatic rings. The van der Waals surface area contributed by atoms with Crippen molar-refractivity contribution in [3.63, 3.8) is 0 Å². The second kappa shape index (κ2) is 8.11. The Morgan fingerprint density at radius 1 is 1.28 bits per heavy atom. The van der Waals surface area contributed by atoms with Crippen molar-refractivity contribution in [1.29, 1.82) is 0 Å². The van der Waals surface area contributed by atoms with Crippen molar-refractivity contribution in [2.24, 2.45) is 17.3 Å². The number of anilines is 1. The van der Waals surface area contributed by atoms with Crippen LogP contribution in [0.4, 0.5) is 5.69 Å². The zero-order chi connectivity index (χ0) is 22.3. The Labute approximate surface area is 193 Å². The van der Waals surface area contributed by atoms with Gasteiger partial charge in [0.25, 0.3) is 0 Å². The van der Waals surface area contributed by atoms with E-state index in [4.69, 9.17) is 21.1 Å². The molecular formula is C26H28ClNO4. The first-order valence-corrected chi connectivity index (χ1v) is 11.7. The number of halogens is 1. The van der Waals surface area contributed by atoms with Gasteiger partial charge in [-0.05, 0) is 73.4 Å². The number of aldehydes is 1. The van der Waals surface area contributed by atoms with Crippen LogP contribution in [0.25, 0.3) is 0 Å². The van der Waals surface area contributed by atoms with E-state index >= 15 is 0 Å². The van der Waals surface area contributed by atoms with Gasteiger partial charge in [-0.1, -0.05) is 29.8 Å². The molecule has 168 valence electrons. The number of ether oxygens (including phenoxy) is 2. The summed E-state index contributed by atoms with van der Waals surface area (Å²) in [5.74, 6) is 0.754. The summed E-state index contributed by atoms with van der Waals surface area (Å²) in [7, 11) is 1.47. The van der Waals surface area contributed by atoms with Gasteiger partial charge in [-0.2, -0.15) is 0 Å². The van der Waals surface area contributed by atoms with Crippen LogP contribution in [0.3, 0.4) is 0 Å². The number of aryl methyl sites for hydroxylation is 1. The molecule has 0 saturated heterocycles. The number of nitrogens with one attached hydrogen (secondary N) is 1. The van der Waals surface area contributed by atoms with Gasteiger partial charge in [0, 0.05) is 17.5 Å². The van der Waals surface area contributed by atoms with E-state index in [1.54, 1.807) is 0 Å². The van der Waals surface area contributed by atoms with Crippen LogP contribution in [0, 0.1) is 17.3 Å². The molecule has 2 aromatic rings. The molecule has 0 aromatic heterocycles. The number of hydrogen-bond donors (Lipinski definition) is 1. The third-order valence-corrected chi connectivity index (χ3v) is 8.33. The summed E-state index contributed by atoms with van der Waals surface area (Å²) in [6.45, 7) is 0.880. The smallest absolute Gasteiger partial charge is 0.312 e. The molecule has 4 atom stereocenters. The molecule has 0 bridgehead atoms. The highest BCUT2D eigenvalue weighted by molar-refractivity contribution is 6.30. The average molecular weight is 454 g/mol. The molecule has 1 N–H and O–H groups in total. The maximum absolute atomic E-state index is 13.7. The molecule has 0 radical (unpaired) electrons. The Balaban J connectivity index is 1.67. The molecule has 32 heavy (non-hydrogen) atoms. The molecule has 0 amide bonds. The van der Waals surface area contributed by atoms with E-state index in [9.17, 15) is 9.59 Å². The fourth-order valence-electron chi connectivity index (χ4n) is 6.15. The summed E-state index contributed by atoms with van der Waals surface area (Å²) in [5.41, 5.74) is 1.69. The highest BCUT2D eigenvalue weighted by Crippen LogP contribution is 2.58. The molecule has 1 unspecified atom stereocenters. The summed E-state index contributed by atoms with van der Waals surface area (Å²) in [4.78, 5) is 25.3. The number of carbonyl (C=O) groups is 2. The van der Waals surface area contributed by atoms with Crippen LogP contribution in [-0.2, 0) is 26.2 Å². The second-order valence-electron chi connectivity index (χ2n) is 9.44. The lowest BCUT2D eigenvalue weighted by Gasteiger charge is -2.54. The van der Waals surface area contributed by atoms with Crippen LogP contribution < -0.4 is 10.1 Å². The quantitative estimate of drug-likeness (QED) is 0.532. The molecule has 1 aliphatic heterocycles. The lowest BCUT2D eigenvalue weighted by atomic mass is 9.49. The molecule has 5 nitrogen and oxygen atoms in total. The first kappa shape index (κ1) is 21.3. The molecule has 1 saturated carbocycles. The van der Waals surface area contributed by atoms with Crippen molar-refractivity contribution in [3.8, 4) is 5.75 Å². The average Bonchev–Trinajstić information content (AvgIpc) is 2.99. The molecule has 2 aliphatic carbocycles. The highest BCUT2D eigenvalue weighted by Gasteiger charge is 2.62. The standard InChI is InChI=1S/C26H28ClNO4/c1-31-24(30)25(13-18-6-7-19(18)14-29)11-10-17-12-20(27)8-9-21(17)26(25)15-28-22-4-2-3-5-23(22)32-16-26/h2-5,8-9,12,14,18-19,28H,6-7,10-11,13,15-16H2,1H3/t18-,19+,25?,26+/m1/s1. The Morgan fingerprint density at radius 3 is 2.88 bits per heavy atom. The Kier molecular flexibility index (Phi) is 5.40. The van der Waals surface area contributed by atoms with Crippen molar-refractivity contribution in [2.75, 3.05) is 25.6 Å². The van der Waals surface area contributed by atoms with E-state index in [2.05, 4.69) is 5.32 Å². The number of rotatable bonds is 4. The van der Waals surface area contributed by atoms with Gasteiger partial charge in [0.05, 0.1) is 23.6 Å². The van der Waals surface area contributed by atoms with Crippen LogP contribution in [0.15, 0.2) is 42.5 Å². The fourth-order valence-corrected chi connectivity index (χ4v) is 6.34. The van der Waals surface area contributed by atoms with Gasteiger partial charge >= 0.3 is 5.97 Å². The normalized spacial score (nSPS) is 30.6. The van der Waals surface area contributed by atoms with Crippen molar-refractivity contribution < 1.29 is 19.1 Å². The molecule has 5 rings (SSSR count). The first-order valence-electron chi connectivity index (χ1n) is 11.3. The second-order valence-corrected chi connectivity index (χ2v) is 9.87. The molecular weight excluding hydrogens is 426 g/mol. The van der Waals surface area contributed by atoms with Crippen molar-refractivity contribution >= 4 is 29.5 Å². The molecule has 1 fully saturated rings. The number of para-hydroxylation sites is 2. The Morgan fingerprint density at radius 2 is 2.12 bits per heavy atom. The third-order valence-electron chi connectivity index (χ3n) is 8.10. The maximum Gasteiger partial charge on any atom is 0.312 e. The van der Waals surface area contributed by atoms with Crippen LogP contribution in [0.2, 0.25) is 5.02 Å². The van der Waals surface area contributed by atoms with Crippen LogP contribution in [0.5, 0.6) is 5.75 Å². The number of fused-ring (bicyclic) bond motifs is 3. The molecule has 1 heterocycles. The van der Waals surface area contributed by atoms with Gasteiger partial charge in [0.1, 0.15) is 18.6 Å². The zero-order valence-electron chi connectivity index (χ0n) is 18.2. The maximum atomic E-state index is 13.7. The van der Waals surface area contributed by atoms with Gasteiger partial charge < -0.3 is 19.6 Å². The van der Waals surface area contributed by atoms with E-state index in [0.717, 1.165) is 48.1 Å². The molecule has 1 spiro atoms. The topological polar surface area (TPSA) is 64.6 Å². The SMILES string of the molecule is COC(=O)C1(C[C@H]2CC[C@H]2C=O)CCc2cc(Cl)ccc2[C@@]12CNc1ccccc1OC2. The number of hydrogen-bond acceptors (Lipinski definition) is 5. The Bertz CT molecular complexity index is 1030. The van der Waals surface area contributed by atoms with Gasteiger partial charge in [-0.3, -0.25) is 4.79 Å². The minimum Gasteiger partial charge on any atom is -0.490 e. The van der Waals surface area contributed by atoms with Gasteiger partial charge in [0.15, 0.2) is 0 Å². The van der Waals surface area contributed by atoms with E-state index in [0.29, 0.717) is 31.0 Å². The third kappa shape index (κ3) is 3.13. The summed E-state index contributed by atoms with van der Waals surface area (Å²) >= 11 is 6.35. The highest BCUT2D eigenvalue weighted by atomic mass is 35.5. The molecule has 6 heteroatoms. The van der Waals surface area contributed by atoms with Gasteiger partial charge in [-0.15, -0.1) is 0 Å². The number of benzene rings is 2. The van der Waals surface area contributed by atoms with Crippen LogP contribution in [0.1, 0.15) is 36.8 Å². The Hall–Kier alpha value is -2.53. The minimum absolute atomic E-state index is 0.0112. The van der Waals surface area contributed by atoms with E-state index in [1.165, 1.54) is 7.11 Å². The number of esters is 1. The van der Waals surface area contributed by atoms with Crippen molar-refractivity contribution in [3.05, 3.63) is 58.6 Å². The van der Waals surface area contributed by atoms with E-state index in [1.807, 2.05) is 42.5 Å². The van der Waals surface area contributed by atoms with Gasteiger partial charge in [-0.25, -0.2) is 0 Å². The van der Waals surface area contributed by atoms with E-state index in [-0.39, 0.29) is 17.8 Å². The summed E-state index contributed by atoms with van der Waals surface area (Å²) in [6.07, 6.45) is 4.90. The number of carbonyl (C=O) groups excluding carboxylic acids is 2. The van der Waals surface area contributed by atoms with Crippen molar-refractivity contribution in [2.45, 2.75) is 37.5 Å². The predicted molar refractivity (Wildman–Crippen MR) is 123 cm³/mol. The number of methoxy groups -OCH3 is 1. The minimum atomic E-state index is -0.802. The first-order chi connectivity index (χ1) is 15.5. The summed E-state index contributed by atoms with van der Waals surface area (Å²) in [5, 5.41) is 4.26. The van der Waals surface area contributed by atoms with Crippen molar-refractivity contribution in [1.82, 2.24) is 0 Å². The van der Waals surface area contributed by atoms with Crippen LogP contribution in [-0.4, -0.2) is 32.5 Å². The van der Waals surface area contributed by atoms with E-state index < -0.39 is 10.8 Å². The van der Waals surface area contributed by atoms with Crippen LogP contribution >= 0.6 is 11.6 Å². The van der Waals surface area contributed by atoms with Gasteiger partial charge in [0.2, 0.25) is 0 Å². The zero-order valence-corrected chi connectivity index (χ0v) is 19.0. The molecule has 2 aromatic carbocycles.